The molecule has 0 aromatic carbocycles. The summed E-state index contributed by atoms with van der Waals surface area (Å²) in [4.78, 5) is 12.5. The molecule has 3 heterocycles. The summed E-state index contributed by atoms with van der Waals surface area (Å²) in [5.41, 5.74) is 1.91. The Bertz CT molecular complexity index is 987. The molecular weight excluding hydrogens is 375 g/mol. The van der Waals surface area contributed by atoms with Crippen LogP contribution in [-0.4, -0.2) is 46.3 Å². The summed E-state index contributed by atoms with van der Waals surface area (Å²) in [6.45, 7) is 3.51. The highest BCUT2D eigenvalue weighted by Crippen LogP contribution is 2.38. The molecule has 0 aliphatic carbocycles. The summed E-state index contributed by atoms with van der Waals surface area (Å²) in [6, 6.07) is -0.513. The maximum atomic E-state index is 13.5. The van der Waals surface area contributed by atoms with Crippen LogP contribution in [-0.2, 0) is 0 Å². The number of methoxy groups -OCH3 is 2. The monoisotopic (exact) mass is 395 g/mol. The summed E-state index contributed by atoms with van der Waals surface area (Å²) >= 11 is 0. The summed E-state index contributed by atoms with van der Waals surface area (Å²) in [6.07, 6.45) is -0.00497. The summed E-state index contributed by atoms with van der Waals surface area (Å²) in [5.74, 6) is 0.646. The van der Waals surface area contributed by atoms with E-state index >= 15 is 0 Å². The summed E-state index contributed by atoms with van der Waals surface area (Å²) < 4.78 is 52.8. The Balaban J connectivity index is 2.25. The molecule has 0 spiro atoms. The van der Waals surface area contributed by atoms with Crippen LogP contribution in [0.5, 0.6) is 11.6 Å². The van der Waals surface area contributed by atoms with Crippen LogP contribution >= 0.6 is 0 Å². The van der Waals surface area contributed by atoms with E-state index in [-0.39, 0.29) is 12.2 Å². The number of ether oxygens (including phenoxy) is 2. The van der Waals surface area contributed by atoms with E-state index in [0.717, 1.165) is 0 Å². The average Bonchev–Trinajstić information content (AvgIpc) is 3.00. The average molecular weight is 395 g/mol. The molecule has 0 bridgehead atoms. The SMILES string of the molecule is CCNC(c1cc(-c2c(C)nc3c(OC)nccn23)c(OC)cn1)C(F)(F)F. The Kier molecular flexibility index (Phi) is 5.41. The predicted molar refractivity (Wildman–Crippen MR) is 96.5 cm³/mol. The molecule has 0 radical (unpaired) electrons. The van der Waals surface area contributed by atoms with E-state index in [9.17, 15) is 13.2 Å². The minimum absolute atomic E-state index is 0.144. The van der Waals surface area contributed by atoms with Crippen molar-refractivity contribution in [3.05, 3.63) is 36.0 Å². The number of hydrogen-bond donors (Lipinski definition) is 1. The van der Waals surface area contributed by atoms with Crippen molar-refractivity contribution >= 4 is 5.65 Å². The van der Waals surface area contributed by atoms with Gasteiger partial charge in [-0.25, -0.2) is 9.97 Å². The number of nitrogens with zero attached hydrogens (tertiary/aromatic N) is 4. The molecular formula is C18H20F3N5O2. The van der Waals surface area contributed by atoms with Crippen molar-refractivity contribution in [3.63, 3.8) is 0 Å². The van der Waals surface area contributed by atoms with E-state index in [2.05, 4.69) is 20.3 Å². The highest BCUT2D eigenvalue weighted by atomic mass is 19.4. The van der Waals surface area contributed by atoms with Crippen LogP contribution in [0, 0.1) is 6.92 Å². The molecule has 0 fully saturated rings. The maximum absolute atomic E-state index is 13.5. The van der Waals surface area contributed by atoms with Crippen LogP contribution in [0.25, 0.3) is 16.9 Å². The smallest absolute Gasteiger partial charge is 0.409 e. The topological polar surface area (TPSA) is 73.6 Å². The van der Waals surface area contributed by atoms with Gasteiger partial charge in [-0.3, -0.25) is 9.38 Å². The minimum atomic E-state index is -4.49. The van der Waals surface area contributed by atoms with Gasteiger partial charge in [0.15, 0.2) is 0 Å². The van der Waals surface area contributed by atoms with E-state index in [1.807, 2.05) is 0 Å². The van der Waals surface area contributed by atoms with Crippen LogP contribution < -0.4 is 14.8 Å². The van der Waals surface area contributed by atoms with E-state index in [4.69, 9.17) is 9.47 Å². The number of rotatable bonds is 6. The first kappa shape index (κ1) is 19.9. The molecule has 1 N–H and O–H groups in total. The van der Waals surface area contributed by atoms with E-state index < -0.39 is 12.2 Å². The lowest BCUT2D eigenvalue weighted by molar-refractivity contribution is -0.158. The zero-order valence-corrected chi connectivity index (χ0v) is 15.8. The van der Waals surface area contributed by atoms with Gasteiger partial charge in [-0.05, 0) is 19.5 Å². The van der Waals surface area contributed by atoms with Gasteiger partial charge in [-0.15, -0.1) is 0 Å². The largest absolute Gasteiger partial charge is 0.494 e. The van der Waals surface area contributed by atoms with Gasteiger partial charge >= 0.3 is 6.18 Å². The second kappa shape index (κ2) is 7.63. The van der Waals surface area contributed by atoms with Gasteiger partial charge in [0, 0.05) is 18.0 Å². The first-order chi connectivity index (χ1) is 13.3. The third kappa shape index (κ3) is 3.47. The second-order valence-electron chi connectivity index (χ2n) is 6.02. The number of alkyl halides is 3. The standard InChI is InChI=1S/C18H20F3N5O2/c1-5-22-15(18(19,20)21)12-8-11(13(27-3)9-24-12)14-10(2)25-16-17(28-4)23-6-7-26(14)16/h6-9,15,22H,5H2,1-4H3. The van der Waals surface area contributed by atoms with Crippen molar-refractivity contribution in [1.29, 1.82) is 0 Å². The summed E-state index contributed by atoms with van der Waals surface area (Å²) in [5, 5.41) is 2.44. The Labute approximate surface area is 159 Å². The van der Waals surface area contributed by atoms with Gasteiger partial charge in [-0.2, -0.15) is 13.2 Å². The molecule has 0 aliphatic rings. The van der Waals surface area contributed by atoms with Gasteiger partial charge in [0.2, 0.25) is 5.65 Å². The number of pyridine rings is 1. The fraction of sp³-hybridized carbons (Fsp3) is 0.389. The molecule has 0 saturated heterocycles. The van der Waals surface area contributed by atoms with Crippen molar-refractivity contribution in [2.24, 2.45) is 0 Å². The molecule has 3 rings (SSSR count). The van der Waals surface area contributed by atoms with Crippen molar-refractivity contribution in [3.8, 4) is 22.9 Å². The van der Waals surface area contributed by atoms with Gasteiger partial charge in [0.05, 0.1) is 37.5 Å². The van der Waals surface area contributed by atoms with E-state index in [0.29, 0.717) is 34.2 Å². The number of fused-ring (bicyclic) bond motifs is 1. The summed E-state index contributed by atoms with van der Waals surface area (Å²) in [7, 11) is 2.91. The number of halogens is 3. The van der Waals surface area contributed by atoms with Crippen LogP contribution in [0.4, 0.5) is 13.2 Å². The second-order valence-corrected chi connectivity index (χ2v) is 6.02. The molecule has 3 aromatic heterocycles. The lowest BCUT2D eigenvalue weighted by Gasteiger charge is -2.21. The molecule has 3 aromatic rings. The number of imidazole rings is 1. The van der Waals surface area contributed by atoms with Crippen LogP contribution in [0.15, 0.2) is 24.7 Å². The number of aromatic nitrogens is 4. The fourth-order valence-corrected chi connectivity index (χ4v) is 3.09. The molecule has 7 nitrogen and oxygen atoms in total. The molecule has 10 heteroatoms. The number of nitrogens with one attached hydrogen (secondary N) is 1. The van der Waals surface area contributed by atoms with E-state index in [1.54, 1.807) is 24.4 Å². The Morgan fingerprint density at radius 2 is 1.96 bits per heavy atom. The van der Waals surface area contributed by atoms with E-state index in [1.165, 1.54) is 32.7 Å². The molecule has 0 amide bonds. The highest BCUT2D eigenvalue weighted by molar-refractivity contribution is 5.74. The quantitative estimate of drug-likeness (QED) is 0.690. The maximum Gasteiger partial charge on any atom is 0.409 e. The van der Waals surface area contributed by atoms with Crippen molar-refractivity contribution in [2.75, 3.05) is 20.8 Å². The lowest BCUT2D eigenvalue weighted by Crippen LogP contribution is -2.34. The zero-order valence-electron chi connectivity index (χ0n) is 15.8. The normalized spacial score (nSPS) is 13.0. The number of aryl methyl sites for hydroxylation is 1. The first-order valence-electron chi connectivity index (χ1n) is 8.53. The van der Waals surface area contributed by atoms with Crippen molar-refractivity contribution in [2.45, 2.75) is 26.1 Å². The van der Waals surface area contributed by atoms with Gasteiger partial charge < -0.3 is 14.8 Å². The molecule has 1 unspecified atom stereocenters. The first-order valence-corrected chi connectivity index (χ1v) is 8.53. The molecule has 28 heavy (non-hydrogen) atoms. The number of hydrogen-bond acceptors (Lipinski definition) is 6. The minimum Gasteiger partial charge on any atom is -0.494 e. The van der Waals surface area contributed by atoms with Crippen LogP contribution in [0.1, 0.15) is 24.4 Å². The Morgan fingerprint density at radius 1 is 1.21 bits per heavy atom. The van der Waals surface area contributed by atoms with Crippen molar-refractivity contribution in [1.82, 2.24) is 24.7 Å². The molecule has 0 saturated carbocycles. The van der Waals surface area contributed by atoms with Gasteiger partial charge in [-0.1, -0.05) is 6.92 Å². The molecule has 1 atom stereocenters. The van der Waals surface area contributed by atoms with Crippen LogP contribution in [0.3, 0.4) is 0 Å². The lowest BCUT2D eigenvalue weighted by atomic mass is 10.1. The van der Waals surface area contributed by atoms with Gasteiger partial charge in [0.1, 0.15) is 11.8 Å². The fourth-order valence-electron chi connectivity index (χ4n) is 3.09. The zero-order chi connectivity index (χ0) is 20.5. The molecule has 0 aliphatic heterocycles. The Morgan fingerprint density at radius 3 is 2.57 bits per heavy atom. The van der Waals surface area contributed by atoms with Gasteiger partial charge in [0.25, 0.3) is 5.88 Å². The van der Waals surface area contributed by atoms with Crippen LogP contribution in [0.2, 0.25) is 0 Å². The van der Waals surface area contributed by atoms with Crippen molar-refractivity contribution < 1.29 is 22.6 Å². The molecule has 150 valence electrons. The third-order valence-corrected chi connectivity index (χ3v) is 4.27. The third-order valence-electron chi connectivity index (χ3n) is 4.27. The Hall–Kier alpha value is -2.88. The predicted octanol–water partition coefficient (Wildman–Crippen LogP) is 3.33. The highest BCUT2D eigenvalue weighted by Gasteiger charge is 2.41.